The Morgan fingerprint density at radius 2 is 2.17 bits per heavy atom. The van der Waals surface area contributed by atoms with E-state index in [2.05, 4.69) is 6.58 Å². The largest absolute Gasteiger partial charge is 0.444 e. The molecule has 0 saturated carbocycles. The van der Waals surface area contributed by atoms with E-state index in [4.69, 9.17) is 4.74 Å². The monoisotopic (exact) mass is 243 g/mol. The number of nitrogens with zero attached hydrogens (tertiary/aromatic N) is 1. The first-order chi connectivity index (χ1) is 8.81. The van der Waals surface area contributed by atoms with Gasteiger partial charge in [0, 0.05) is 12.2 Å². The Kier molecular flexibility index (Phi) is 4.18. The minimum absolute atomic E-state index is 0.301. The summed E-state index contributed by atoms with van der Waals surface area (Å²) >= 11 is 0. The van der Waals surface area contributed by atoms with Crippen LogP contribution >= 0.6 is 0 Å². The SMILES string of the molecule is C=CC1=CCCCN1C(=O)OCc1ccccc1. The highest BCUT2D eigenvalue weighted by molar-refractivity contribution is 5.71. The Hall–Kier alpha value is -2.03. The van der Waals surface area contributed by atoms with E-state index < -0.39 is 0 Å². The molecule has 1 aliphatic heterocycles. The van der Waals surface area contributed by atoms with E-state index in [9.17, 15) is 4.79 Å². The molecule has 0 saturated heterocycles. The van der Waals surface area contributed by atoms with Gasteiger partial charge in [-0.2, -0.15) is 0 Å². The first-order valence-corrected chi connectivity index (χ1v) is 6.12. The van der Waals surface area contributed by atoms with Crippen molar-refractivity contribution in [3.05, 3.63) is 60.3 Å². The van der Waals surface area contributed by atoms with Gasteiger partial charge in [-0.15, -0.1) is 0 Å². The van der Waals surface area contributed by atoms with Gasteiger partial charge >= 0.3 is 6.09 Å². The molecule has 1 amide bonds. The summed E-state index contributed by atoms with van der Waals surface area (Å²) in [6.07, 6.45) is 5.37. The molecule has 2 rings (SSSR count). The van der Waals surface area contributed by atoms with Crippen molar-refractivity contribution in [1.29, 1.82) is 0 Å². The molecule has 0 spiro atoms. The van der Waals surface area contributed by atoms with Crippen molar-refractivity contribution in [3.8, 4) is 0 Å². The van der Waals surface area contributed by atoms with Crippen LogP contribution in [0.5, 0.6) is 0 Å². The predicted molar refractivity (Wildman–Crippen MR) is 70.8 cm³/mol. The van der Waals surface area contributed by atoms with Crippen molar-refractivity contribution in [2.24, 2.45) is 0 Å². The fourth-order valence-electron chi connectivity index (χ4n) is 1.93. The number of hydrogen-bond donors (Lipinski definition) is 0. The molecular formula is C15H17NO2. The van der Waals surface area contributed by atoms with Crippen LogP contribution in [0.1, 0.15) is 18.4 Å². The molecule has 1 aromatic rings. The van der Waals surface area contributed by atoms with Gasteiger partial charge in [0.15, 0.2) is 0 Å². The second-order valence-corrected chi connectivity index (χ2v) is 4.17. The molecule has 3 nitrogen and oxygen atoms in total. The first-order valence-electron chi connectivity index (χ1n) is 6.12. The molecule has 0 atom stereocenters. The molecule has 0 radical (unpaired) electrons. The normalized spacial score (nSPS) is 14.9. The average Bonchev–Trinajstić information content (AvgIpc) is 2.45. The smallest absolute Gasteiger partial charge is 0.414 e. The summed E-state index contributed by atoms with van der Waals surface area (Å²) in [4.78, 5) is 13.6. The van der Waals surface area contributed by atoms with Crippen LogP contribution in [-0.4, -0.2) is 17.5 Å². The van der Waals surface area contributed by atoms with Gasteiger partial charge in [-0.05, 0) is 24.5 Å². The standard InChI is InChI=1S/C15H17NO2/c1-2-14-10-6-7-11-16(14)15(17)18-12-13-8-4-3-5-9-13/h2-5,8-10H,1,6-7,11-12H2. The second-order valence-electron chi connectivity index (χ2n) is 4.17. The van der Waals surface area contributed by atoms with E-state index >= 15 is 0 Å². The third kappa shape index (κ3) is 3.00. The van der Waals surface area contributed by atoms with Gasteiger partial charge in [-0.25, -0.2) is 4.79 Å². The minimum Gasteiger partial charge on any atom is -0.444 e. The summed E-state index contributed by atoms with van der Waals surface area (Å²) < 4.78 is 5.30. The van der Waals surface area contributed by atoms with Crippen LogP contribution in [-0.2, 0) is 11.3 Å². The minimum atomic E-state index is -0.301. The van der Waals surface area contributed by atoms with Crippen molar-refractivity contribution in [3.63, 3.8) is 0 Å². The lowest BCUT2D eigenvalue weighted by Crippen LogP contribution is -2.33. The Morgan fingerprint density at radius 3 is 2.89 bits per heavy atom. The zero-order chi connectivity index (χ0) is 12.8. The zero-order valence-electron chi connectivity index (χ0n) is 10.3. The van der Waals surface area contributed by atoms with Crippen LogP contribution in [0.4, 0.5) is 4.79 Å². The number of carbonyl (C=O) groups excluding carboxylic acids is 1. The number of benzene rings is 1. The van der Waals surface area contributed by atoms with Gasteiger partial charge in [0.1, 0.15) is 6.61 Å². The fourth-order valence-corrected chi connectivity index (χ4v) is 1.93. The Balaban J connectivity index is 1.94. The molecule has 0 fully saturated rings. The number of allylic oxidation sites excluding steroid dienone is 2. The summed E-state index contributed by atoms with van der Waals surface area (Å²) in [6.45, 7) is 4.72. The molecular weight excluding hydrogens is 226 g/mol. The van der Waals surface area contributed by atoms with Crippen molar-refractivity contribution in [2.75, 3.05) is 6.54 Å². The first kappa shape index (κ1) is 12.4. The summed E-state index contributed by atoms with van der Waals surface area (Å²) in [6, 6.07) is 9.67. The summed E-state index contributed by atoms with van der Waals surface area (Å²) in [5.41, 5.74) is 1.84. The third-order valence-corrected chi connectivity index (χ3v) is 2.89. The zero-order valence-corrected chi connectivity index (χ0v) is 10.3. The summed E-state index contributed by atoms with van der Waals surface area (Å²) in [5, 5.41) is 0. The van der Waals surface area contributed by atoms with Crippen LogP contribution in [0.2, 0.25) is 0 Å². The van der Waals surface area contributed by atoms with Crippen LogP contribution in [0.3, 0.4) is 0 Å². The van der Waals surface area contributed by atoms with Crippen molar-refractivity contribution in [1.82, 2.24) is 4.90 Å². The highest BCUT2D eigenvalue weighted by atomic mass is 16.6. The maximum absolute atomic E-state index is 12.0. The number of rotatable bonds is 3. The lowest BCUT2D eigenvalue weighted by Gasteiger charge is -2.26. The molecule has 0 bridgehead atoms. The fraction of sp³-hybridized carbons (Fsp3) is 0.267. The molecule has 18 heavy (non-hydrogen) atoms. The molecule has 1 aliphatic rings. The second kappa shape index (κ2) is 6.05. The van der Waals surface area contributed by atoms with E-state index in [1.807, 2.05) is 36.4 Å². The number of hydrogen-bond acceptors (Lipinski definition) is 2. The lowest BCUT2D eigenvalue weighted by atomic mass is 10.1. The molecule has 1 heterocycles. The van der Waals surface area contributed by atoms with Crippen molar-refractivity contribution < 1.29 is 9.53 Å². The third-order valence-electron chi connectivity index (χ3n) is 2.89. The quantitative estimate of drug-likeness (QED) is 0.813. The molecule has 3 heteroatoms. The van der Waals surface area contributed by atoms with Gasteiger partial charge in [-0.3, -0.25) is 4.90 Å². The van der Waals surface area contributed by atoms with Crippen LogP contribution in [0, 0.1) is 0 Å². The Labute approximate surface area is 107 Å². The topological polar surface area (TPSA) is 29.5 Å². The van der Waals surface area contributed by atoms with Crippen molar-refractivity contribution >= 4 is 6.09 Å². The molecule has 0 aromatic heterocycles. The maximum Gasteiger partial charge on any atom is 0.414 e. The molecule has 0 unspecified atom stereocenters. The van der Waals surface area contributed by atoms with E-state index in [0.29, 0.717) is 13.2 Å². The number of carbonyl (C=O) groups is 1. The Bertz CT molecular complexity index is 451. The molecule has 1 aromatic carbocycles. The van der Waals surface area contributed by atoms with Gasteiger partial charge < -0.3 is 4.74 Å². The van der Waals surface area contributed by atoms with Gasteiger partial charge in [-0.1, -0.05) is 43.0 Å². The average molecular weight is 243 g/mol. The highest BCUT2D eigenvalue weighted by Gasteiger charge is 2.19. The van der Waals surface area contributed by atoms with E-state index in [1.54, 1.807) is 11.0 Å². The van der Waals surface area contributed by atoms with Crippen LogP contribution in [0.15, 0.2) is 54.8 Å². The predicted octanol–water partition coefficient (Wildman–Crippen LogP) is 3.49. The molecule has 94 valence electrons. The van der Waals surface area contributed by atoms with E-state index in [1.165, 1.54) is 0 Å². The molecule has 0 aliphatic carbocycles. The van der Waals surface area contributed by atoms with E-state index in [0.717, 1.165) is 24.1 Å². The summed E-state index contributed by atoms with van der Waals surface area (Å²) in [7, 11) is 0. The number of ether oxygens (including phenoxy) is 1. The Morgan fingerprint density at radius 1 is 1.39 bits per heavy atom. The van der Waals surface area contributed by atoms with Crippen LogP contribution in [0.25, 0.3) is 0 Å². The van der Waals surface area contributed by atoms with E-state index in [-0.39, 0.29) is 6.09 Å². The maximum atomic E-state index is 12.0. The highest BCUT2D eigenvalue weighted by Crippen LogP contribution is 2.17. The van der Waals surface area contributed by atoms with Gasteiger partial charge in [0.2, 0.25) is 0 Å². The van der Waals surface area contributed by atoms with Gasteiger partial charge in [0.05, 0.1) is 0 Å². The lowest BCUT2D eigenvalue weighted by molar-refractivity contribution is 0.106. The van der Waals surface area contributed by atoms with Gasteiger partial charge in [0.25, 0.3) is 0 Å². The van der Waals surface area contributed by atoms with Crippen molar-refractivity contribution in [2.45, 2.75) is 19.4 Å². The summed E-state index contributed by atoms with van der Waals surface area (Å²) in [5.74, 6) is 0. The van der Waals surface area contributed by atoms with Crippen LogP contribution < -0.4 is 0 Å². The number of amides is 1. The molecule has 0 N–H and O–H groups in total.